The molecule has 4 aliphatic rings. The van der Waals surface area contributed by atoms with Crippen LogP contribution in [-0.2, 0) is 9.59 Å². The Morgan fingerprint density at radius 1 is 1.09 bits per heavy atom. The summed E-state index contributed by atoms with van der Waals surface area (Å²) >= 11 is 3.46. The first-order chi connectivity index (χ1) is 15.3. The van der Waals surface area contributed by atoms with E-state index in [1.807, 2.05) is 6.08 Å². The molecule has 0 heterocycles. The Kier molecular flexibility index (Phi) is 5.72. The van der Waals surface area contributed by atoms with Gasteiger partial charge in [0.15, 0.2) is 5.78 Å². The van der Waals surface area contributed by atoms with Crippen molar-refractivity contribution in [1.82, 2.24) is 0 Å². The average molecular weight is 496 g/mol. The van der Waals surface area contributed by atoms with Gasteiger partial charge in [0, 0.05) is 38.0 Å². The van der Waals surface area contributed by atoms with Crippen LogP contribution in [0.3, 0.4) is 0 Å². The fraction of sp³-hybridized carbons (Fsp3) is 0.571. The standard InChI is InChI=1S/C28H34BrNO2/c1-28-15-23(17-4-7-19(8-5-17)30(2)3)27-21-11-9-20(31)14-18(21)6-10-22(27)24(28)12-13-25(28)26(32)16-29/h4-5,7-8,14,22-25H,6,9-13,15-16H2,1-3H3. The molecule has 4 heteroatoms. The lowest BCUT2D eigenvalue weighted by atomic mass is 9.51. The molecule has 0 amide bonds. The number of Topliss-reactive ketones (excluding diaryl/α,β-unsaturated/α-hetero) is 1. The second-order valence-electron chi connectivity index (χ2n) is 10.8. The van der Waals surface area contributed by atoms with Crippen molar-refractivity contribution in [2.45, 2.75) is 57.8 Å². The molecule has 4 aliphatic carbocycles. The van der Waals surface area contributed by atoms with Crippen LogP contribution in [0.15, 0.2) is 47.1 Å². The molecule has 5 rings (SSSR count). The molecule has 1 aromatic rings. The lowest BCUT2D eigenvalue weighted by molar-refractivity contribution is -0.124. The average Bonchev–Trinajstić information content (AvgIpc) is 3.14. The number of halogens is 1. The number of allylic oxidation sites excluding steroid dienone is 4. The molecule has 32 heavy (non-hydrogen) atoms. The Labute approximate surface area is 200 Å². The fourth-order valence-corrected chi connectivity index (χ4v) is 7.98. The van der Waals surface area contributed by atoms with Gasteiger partial charge in [-0.25, -0.2) is 0 Å². The maximum atomic E-state index is 13.0. The number of benzene rings is 1. The normalized spacial score (nSPS) is 33.9. The van der Waals surface area contributed by atoms with Gasteiger partial charge in [-0.15, -0.1) is 0 Å². The minimum absolute atomic E-state index is 0.0518. The van der Waals surface area contributed by atoms with Crippen LogP contribution in [0.5, 0.6) is 0 Å². The summed E-state index contributed by atoms with van der Waals surface area (Å²) < 4.78 is 0. The zero-order valence-corrected chi connectivity index (χ0v) is 21.1. The second kappa shape index (κ2) is 8.27. The van der Waals surface area contributed by atoms with Crippen LogP contribution in [0.1, 0.15) is 63.4 Å². The van der Waals surface area contributed by atoms with E-state index in [0.29, 0.717) is 41.1 Å². The molecule has 0 aliphatic heterocycles. The van der Waals surface area contributed by atoms with Crippen molar-refractivity contribution in [1.29, 1.82) is 0 Å². The third-order valence-corrected chi connectivity index (χ3v) is 9.62. The van der Waals surface area contributed by atoms with E-state index in [1.165, 1.54) is 22.4 Å². The van der Waals surface area contributed by atoms with Crippen LogP contribution in [0.4, 0.5) is 5.69 Å². The van der Waals surface area contributed by atoms with E-state index in [4.69, 9.17) is 0 Å². The maximum absolute atomic E-state index is 13.0. The van der Waals surface area contributed by atoms with Gasteiger partial charge in [0.1, 0.15) is 5.78 Å². The highest BCUT2D eigenvalue weighted by Crippen LogP contribution is 2.65. The Morgan fingerprint density at radius 2 is 1.84 bits per heavy atom. The smallest absolute Gasteiger partial charge is 0.156 e. The van der Waals surface area contributed by atoms with Crippen LogP contribution >= 0.6 is 15.9 Å². The quantitative estimate of drug-likeness (QED) is 0.464. The second-order valence-corrected chi connectivity index (χ2v) is 11.4. The molecular weight excluding hydrogens is 462 g/mol. The molecular formula is C28H34BrNO2. The van der Waals surface area contributed by atoms with Gasteiger partial charge in [0.05, 0.1) is 5.33 Å². The van der Waals surface area contributed by atoms with E-state index >= 15 is 0 Å². The van der Waals surface area contributed by atoms with Gasteiger partial charge in [0.2, 0.25) is 0 Å². The number of nitrogens with zero attached hydrogens (tertiary/aromatic N) is 1. The molecule has 5 atom stereocenters. The summed E-state index contributed by atoms with van der Waals surface area (Å²) in [6.07, 6.45) is 8.85. The van der Waals surface area contributed by atoms with Gasteiger partial charge in [0.25, 0.3) is 0 Å². The predicted octanol–water partition coefficient (Wildman–Crippen LogP) is 6.23. The van der Waals surface area contributed by atoms with Crippen molar-refractivity contribution in [3.8, 4) is 0 Å². The monoisotopic (exact) mass is 495 g/mol. The molecule has 0 spiro atoms. The third kappa shape index (κ3) is 3.45. The predicted molar refractivity (Wildman–Crippen MR) is 133 cm³/mol. The SMILES string of the molecule is CN(C)c1ccc(C2CC3(C)C(C(=O)CBr)CCC3C3CCC4=CC(=O)CCC4=C23)cc1. The highest BCUT2D eigenvalue weighted by atomic mass is 79.9. The molecule has 0 aromatic heterocycles. The molecule has 2 fully saturated rings. The molecule has 170 valence electrons. The summed E-state index contributed by atoms with van der Waals surface area (Å²) in [7, 11) is 4.16. The van der Waals surface area contributed by atoms with Crippen LogP contribution in [0, 0.1) is 23.2 Å². The number of alkyl halides is 1. The third-order valence-electron chi connectivity index (χ3n) is 9.06. The van der Waals surface area contributed by atoms with E-state index in [-0.39, 0.29) is 11.3 Å². The first-order valence-corrected chi connectivity index (χ1v) is 13.3. The molecule has 1 aromatic carbocycles. The van der Waals surface area contributed by atoms with E-state index in [1.54, 1.807) is 5.57 Å². The van der Waals surface area contributed by atoms with Gasteiger partial charge in [-0.2, -0.15) is 0 Å². The van der Waals surface area contributed by atoms with Crippen molar-refractivity contribution >= 4 is 33.2 Å². The van der Waals surface area contributed by atoms with Gasteiger partial charge in [-0.1, -0.05) is 40.6 Å². The molecule has 0 bridgehead atoms. The molecule has 0 N–H and O–H groups in total. The zero-order valence-electron chi connectivity index (χ0n) is 19.5. The number of ketones is 2. The highest BCUT2D eigenvalue weighted by molar-refractivity contribution is 9.09. The van der Waals surface area contributed by atoms with Crippen molar-refractivity contribution in [3.63, 3.8) is 0 Å². The van der Waals surface area contributed by atoms with Gasteiger partial charge < -0.3 is 4.90 Å². The van der Waals surface area contributed by atoms with E-state index < -0.39 is 0 Å². The first-order valence-electron chi connectivity index (χ1n) is 12.2. The van der Waals surface area contributed by atoms with Gasteiger partial charge in [-0.3, -0.25) is 9.59 Å². The zero-order chi connectivity index (χ0) is 22.6. The van der Waals surface area contributed by atoms with Crippen LogP contribution in [0.2, 0.25) is 0 Å². The van der Waals surface area contributed by atoms with Gasteiger partial charge >= 0.3 is 0 Å². The molecule has 0 saturated heterocycles. The highest BCUT2D eigenvalue weighted by Gasteiger charge is 2.57. The Morgan fingerprint density at radius 3 is 2.53 bits per heavy atom. The summed E-state index contributed by atoms with van der Waals surface area (Å²) in [6, 6.07) is 9.06. The number of carbonyl (C=O) groups is 2. The number of hydrogen-bond acceptors (Lipinski definition) is 3. The molecule has 5 unspecified atom stereocenters. The van der Waals surface area contributed by atoms with Crippen molar-refractivity contribution in [2.24, 2.45) is 23.2 Å². The van der Waals surface area contributed by atoms with Crippen molar-refractivity contribution < 1.29 is 9.59 Å². The maximum Gasteiger partial charge on any atom is 0.156 e. The number of fused-ring (bicyclic) bond motifs is 4. The number of rotatable bonds is 4. The van der Waals surface area contributed by atoms with E-state index in [2.05, 4.69) is 66.1 Å². The first kappa shape index (κ1) is 22.1. The lowest BCUT2D eigenvalue weighted by Gasteiger charge is -2.52. The fourth-order valence-electron chi connectivity index (χ4n) is 7.58. The topological polar surface area (TPSA) is 37.4 Å². The van der Waals surface area contributed by atoms with Crippen LogP contribution < -0.4 is 4.90 Å². The van der Waals surface area contributed by atoms with Crippen LogP contribution in [-0.4, -0.2) is 31.0 Å². The number of anilines is 1. The van der Waals surface area contributed by atoms with E-state index in [0.717, 1.165) is 38.5 Å². The Bertz CT molecular complexity index is 1000. The minimum atomic E-state index is 0.0518. The summed E-state index contributed by atoms with van der Waals surface area (Å²) in [4.78, 5) is 27.3. The summed E-state index contributed by atoms with van der Waals surface area (Å²) in [5.74, 6) is 2.29. The summed E-state index contributed by atoms with van der Waals surface area (Å²) in [5, 5.41) is 0.468. The number of hydrogen-bond donors (Lipinski definition) is 0. The molecule has 0 radical (unpaired) electrons. The number of carbonyl (C=O) groups excluding carboxylic acids is 2. The van der Waals surface area contributed by atoms with Crippen molar-refractivity contribution in [2.75, 3.05) is 24.3 Å². The largest absolute Gasteiger partial charge is 0.378 e. The van der Waals surface area contributed by atoms with Crippen LogP contribution in [0.25, 0.3) is 0 Å². The van der Waals surface area contributed by atoms with Gasteiger partial charge in [-0.05, 0) is 90.7 Å². The Balaban J connectivity index is 1.64. The van der Waals surface area contributed by atoms with Crippen molar-refractivity contribution in [3.05, 3.63) is 52.6 Å². The lowest BCUT2D eigenvalue weighted by Crippen LogP contribution is -2.45. The molecule has 3 nitrogen and oxygen atoms in total. The minimum Gasteiger partial charge on any atom is -0.378 e. The molecule has 2 saturated carbocycles. The summed E-state index contributed by atoms with van der Waals surface area (Å²) in [6.45, 7) is 2.41. The van der Waals surface area contributed by atoms with E-state index in [9.17, 15) is 9.59 Å². The Hall–Kier alpha value is -1.68. The summed E-state index contributed by atoms with van der Waals surface area (Å²) in [5.41, 5.74) is 7.04.